The third-order valence-electron chi connectivity index (χ3n) is 3.64. The first-order valence-corrected chi connectivity index (χ1v) is 7.72. The Morgan fingerprint density at radius 3 is 2.90 bits per heavy atom. The van der Waals surface area contributed by atoms with E-state index >= 15 is 0 Å². The second-order valence-electron chi connectivity index (χ2n) is 5.26. The number of alkyl halides is 1. The third kappa shape index (κ3) is 2.73. The smallest absolute Gasteiger partial charge is 0.126 e. The molecular weight excluding hydrogens is 319 g/mol. The molecule has 1 heterocycles. The van der Waals surface area contributed by atoms with Crippen molar-refractivity contribution >= 4 is 15.9 Å². The molecule has 1 nitrogen and oxygen atoms in total. The van der Waals surface area contributed by atoms with Crippen LogP contribution in [0.4, 0.5) is 4.39 Å². The molecule has 0 amide bonds. The standard InChI is InChI=1S/C17H16BrFO/c1-11-8-14-9-12(6-7-17(14)20-11)15(18)10-13-4-2-3-5-16(13)19/h2-7,9,11,15H,8,10H2,1H3. The summed E-state index contributed by atoms with van der Waals surface area (Å²) in [5, 5.41) is 0. The van der Waals surface area contributed by atoms with Gasteiger partial charge in [0.25, 0.3) is 0 Å². The lowest BCUT2D eigenvalue weighted by Gasteiger charge is -2.12. The molecule has 2 aromatic carbocycles. The monoisotopic (exact) mass is 334 g/mol. The molecule has 2 unspecified atom stereocenters. The van der Waals surface area contributed by atoms with Crippen molar-refractivity contribution in [3.63, 3.8) is 0 Å². The Kier molecular flexibility index (Phi) is 3.79. The number of rotatable bonds is 3. The molecule has 0 spiro atoms. The highest BCUT2D eigenvalue weighted by Gasteiger charge is 2.20. The number of ether oxygens (including phenoxy) is 1. The first-order valence-electron chi connectivity index (χ1n) is 6.80. The van der Waals surface area contributed by atoms with Crippen LogP contribution in [0.5, 0.6) is 5.75 Å². The average molecular weight is 335 g/mol. The molecule has 20 heavy (non-hydrogen) atoms. The lowest BCUT2D eigenvalue weighted by atomic mass is 10.0. The van der Waals surface area contributed by atoms with Crippen LogP contribution in [0.15, 0.2) is 42.5 Å². The molecule has 0 N–H and O–H groups in total. The van der Waals surface area contributed by atoms with Crippen molar-refractivity contribution in [1.29, 1.82) is 0 Å². The average Bonchev–Trinajstić information content (AvgIpc) is 2.80. The molecule has 1 aliphatic heterocycles. The van der Waals surface area contributed by atoms with Crippen molar-refractivity contribution in [3.05, 3.63) is 65.0 Å². The SMILES string of the molecule is CC1Cc2cc(C(Br)Cc3ccccc3F)ccc2O1. The largest absolute Gasteiger partial charge is 0.490 e. The van der Waals surface area contributed by atoms with E-state index in [1.165, 1.54) is 17.2 Å². The van der Waals surface area contributed by atoms with E-state index in [9.17, 15) is 4.39 Å². The summed E-state index contributed by atoms with van der Waals surface area (Å²) in [7, 11) is 0. The lowest BCUT2D eigenvalue weighted by Crippen LogP contribution is -2.05. The van der Waals surface area contributed by atoms with Crippen LogP contribution in [0.2, 0.25) is 0 Å². The molecule has 0 aromatic heterocycles. The second-order valence-corrected chi connectivity index (χ2v) is 6.37. The molecule has 3 rings (SSSR count). The van der Waals surface area contributed by atoms with E-state index in [0.29, 0.717) is 6.42 Å². The van der Waals surface area contributed by atoms with Crippen LogP contribution in [0.3, 0.4) is 0 Å². The maximum Gasteiger partial charge on any atom is 0.126 e. The molecule has 0 aliphatic carbocycles. The number of hydrogen-bond acceptors (Lipinski definition) is 1. The van der Waals surface area contributed by atoms with Gasteiger partial charge in [-0.25, -0.2) is 4.39 Å². The van der Waals surface area contributed by atoms with Gasteiger partial charge in [0.1, 0.15) is 17.7 Å². The zero-order chi connectivity index (χ0) is 14.1. The first kappa shape index (κ1) is 13.6. The molecule has 104 valence electrons. The molecule has 0 fully saturated rings. The summed E-state index contributed by atoms with van der Waals surface area (Å²) in [6.07, 6.45) is 1.84. The second kappa shape index (κ2) is 5.57. The van der Waals surface area contributed by atoms with Gasteiger partial charge in [-0.2, -0.15) is 0 Å². The summed E-state index contributed by atoms with van der Waals surface area (Å²) in [6.45, 7) is 2.07. The molecule has 0 saturated heterocycles. The van der Waals surface area contributed by atoms with Crippen molar-refractivity contribution in [3.8, 4) is 5.75 Å². The molecule has 0 bridgehead atoms. The molecule has 0 radical (unpaired) electrons. The molecule has 0 saturated carbocycles. The van der Waals surface area contributed by atoms with Gasteiger partial charge in [0.05, 0.1) is 0 Å². The van der Waals surface area contributed by atoms with E-state index in [4.69, 9.17) is 4.74 Å². The summed E-state index contributed by atoms with van der Waals surface area (Å²) in [4.78, 5) is 0.112. The van der Waals surface area contributed by atoms with Crippen molar-refractivity contribution in [2.24, 2.45) is 0 Å². The van der Waals surface area contributed by atoms with Gasteiger partial charge in [0.15, 0.2) is 0 Å². The van der Waals surface area contributed by atoms with E-state index in [0.717, 1.165) is 17.7 Å². The first-order chi connectivity index (χ1) is 9.63. The van der Waals surface area contributed by atoms with E-state index in [1.807, 2.05) is 18.2 Å². The van der Waals surface area contributed by atoms with Crippen LogP contribution >= 0.6 is 15.9 Å². The summed E-state index contributed by atoms with van der Waals surface area (Å²) in [5.74, 6) is 0.835. The Morgan fingerprint density at radius 1 is 1.30 bits per heavy atom. The topological polar surface area (TPSA) is 9.23 Å². The van der Waals surface area contributed by atoms with Crippen LogP contribution in [0, 0.1) is 5.82 Å². The Morgan fingerprint density at radius 2 is 2.10 bits per heavy atom. The van der Waals surface area contributed by atoms with Crippen LogP contribution in [-0.4, -0.2) is 6.10 Å². The fourth-order valence-electron chi connectivity index (χ4n) is 2.61. The fraction of sp³-hybridized carbons (Fsp3) is 0.294. The highest BCUT2D eigenvalue weighted by atomic mass is 79.9. The number of fused-ring (bicyclic) bond motifs is 1. The van der Waals surface area contributed by atoms with Crippen molar-refractivity contribution in [2.45, 2.75) is 30.7 Å². The third-order valence-corrected chi connectivity index (χ3v) is 4.49. The van der Waals surface area contributed by atoms with Gasteiger partial charge in [0.2, 0.25) is 0 Å². The Hall–Kier alpha value is -1.35. The summed E-state index contributed by atoms with van der Waals surface area (Å²) in [6, 6.07) is 13.2. The van der Waals surface area contributed by atoms with Crippen molar-refractivity contribution in [1.82, 2.24) is 0 Å². The van der Waals surface area contributed by atoms with E-state index in [2.05, 4.69) is 35.0 Å². The number of benzene rings is 2. The molecule has 2 aromatic rings. The number of halogens is 2. The summed E-state index contributed by atoms with van der Waals surface area (Å²) in [5.41, 5.74) is 3.15. The van der Waals surface area contributed by atoms with E-state index < -0.39 is 0 Å². The highest BCUT2D eigenvalue weighted by molar-refractivity contribution is 9.09. The van der Waals surface area contributed by atoms with Gasteiger partial charge >= 0.3 is 0 Å². The van der Waals surface area contributed by atoms with Crippen LogP contribution in [-0.2, 0) is 12.8 Å². The predicted molar refractivity (Wildman–Crippen MR) is 82.0 cm³/mol. The van der Waals surface area contributed by atoms with Gasteiger partial charge in [-0.3, -0.25) is 0 Å². The Bertz CT molecular complexity index is 626. The molecular formula is C17H16BrFO. The Labute approximate surface area is 126 Å². The minimum Gasteiger partial charge on any atom is -0.490 e. The van der Waals surface area contributed by atoms with Crippen LogP contribution in [0.25, 0.3) is 0 Å². The van der Waals surface area contributed by atoms with Gasteiger partial charge in [-0.05, 0) is 42.2 Å². The zero-order valence-electron chi connectivity index (χ0n) is 11.3. The highest BCUT2D eigenvalue weighted by Crippen LogP contribution is 2.34. The summed E-state index contributed by atoms with van der Waals surface area (Å²) >= 11 is 3.67. The van der Waals surface area contributed by atoms with Gasteiger partial charge in [-0.1, -0.05) is 46.3 Å². The van der Waals surface area contributed by atoms with E-state index in [1.54, 1.807) is 6.07 Å². The molecule has 1 aliphatic rings. The maximum atomic E-state index is 13.7. The zero-order valence-corrected chi connectivity index (χ0v) is 12.9. The maximum absolute atomic E-state index is 13.7. The van der Waals surface area contributed by atoms with Crippen LogP contribution < -0.4 is 4.74 Å². The predicted octanol–water partition coefficient (Wildman–Crippen LogP) is 4.83. The van der Waals surface area contributed by atoms with E-state index in [-0.39, 0.29) is 16.7 Å². The van der Waals surface area contributed by atoms with Gasteiger partial charge < -0.3 is 4.74 Å². The fourth-order valence-corrected chi connectivity index (χ4v) is 3.25. The van der Waals surface area contributed by atoms with Crippen molar-refractivity contribution in [2.75, 3.05) is 0 Å². The number of hydrogen-bond donors (Lipinski definition) is 0. The minimum absolute atomic E-state index is 0.112. The van der Waals surface area contributed by atoms with Gasteiger partial charge in [-0.15, -0.1) is 0 Å². The lowest BCUT2D eigenvalue weighted by molar-refractivity contribution is 0.254. The summed E-state index contributed by atoms with van der Waals surface area (Å²) < 4.78 is 19.4. The minimum atomic E-state index is -0.143. The normalized spacial score (nSPS) is 18.4. The molecule has 3 heteroatoms. The molecule has 2 atom stereocenters. The van der Waals surface area contributed by atoms with Crippen LogP contribution in [0.1, 0.15) is 28.4 Å². The van der Waals surface area contributed by atoms with Gasteiger partial charge in [0, 0.05) is 11.2 Å². The quantitative estimate of drug-likeness (QED) is 0.730. The Balaban J connectivity index is 1.80. The van der Waals surface area contributed by atoms with Crippen molar-refractivity contribution < 1.29 is 9.13 Å².